The number of nitrogens with zero attached hydrogens (tertiary/aromatic N) is 2. The Bertz CT molecular complexity index is 526. The Labute approximate surface area is 113 Å². The summed E-state index contributed by atoms with van der Waals surface area (Å²) in [4.78, 5) is 0. The van der Waals surface area contributed by atoms with Gasteiger partial charge in [-0.25, -0.2) is 4.68 Å². The van der Waals surface area contributed by atoms with Gasteiger partial charge < -0.3 is 10.6 Å². The summed E-state index contributed by atoms with van der Waals surface area (Å²) in [6.45, 7) is 5.22. The van der Waals surface area contributed by atoms with Gasteiger partial charge in [0, 0.05) is 24.8 Å². The van der Waals surface area contributed by atoms with Gasteiger partial charge in [-0.3, -0.25) is 0 Å². The fraction of sp³-hybridized carbons (Fsp3) is 0.400. The molecule has 1 saturated heterocycles. The van der Waals surface area contributed by atoms with Crippen molar-refractivity contribution in [2.75, 3.05) is 13.1 Å². The molecule has 0 aliphatic carbocycles. The van der Waals surface area contributed by atoms with Crippen LogP contribution in [0.5, 0.6) is 0 Å². The normalized spacial score (nSPS) is 22.8. The number of hydrogen-bond acceptors (Lipinski definition) is 3. The number of hydrogen-bond donors (Lipinski definition) is 2. The lowest BCUT2D eigenvalue weighted by Gasteiger charge is -2.23. The van der Waals surface area contributed by atoms with E-state index >= 15 is 0 Å². The molecule has 1 aliphatic rings. The fourth-order valence-corrected chi connectivity index (χ4v) is 2.45. The van der Waals surface area contributed by atoms with Crippen LogP contribution in [0.25, 0.3) is 5.69 Å². The van der Waals surface area contributed by atoms with E-state index in [9.17, 15) is 0 Å². The molecule has 0 amide bonds. The molecule has 1 unspecified atom stereocenters. The highest BCUT2D eigenvalue weighted by atomic mass is 15.3. The second kappa shape index (κ2) is 5.15. The van der Waals surface area contributed by atoms with Crippen LogP contribution in [-0.2, 0) is 6.54 Å². The summed E-state index contributed by atoms with van der Waals surface area (Å²) in [5, 5.41) is 11.6. The first-order chi connectivity index (χ1) is 9.25. The van der Waals surface area contributed by atoms with Gasteiger partial charge in [-0.05, 0) is 38.1 Å². The van der Waals surface area contributed by atoms with Gasteiger partial charge in [0.1, 0.15) is 0 Å². The Balaban J connectivity index is 1.65. The lowest BCUT2D eigenvalue weighted by Crippen LogP contribution is -2.43. The van der Waals surface area contributed by atoms with Crippen molar-refractivity contribution in [3.63, 3.8) is 0 Å². The smallest absolute Gasteiger partial charge is 0.0767 e. The zero-order chi connectivity index (χ0) is 13.1. The Kier molecular flexibility index (Phi) is 3.36. The van der Waals surface area contributed by atoms with Crippen molar-refractivity contribution >= 4 is 0 Å². The van der Waals surface area contributed by atoms with Crippen LogP contribution in [-0.4, -0.2) is 28.4 Å². The molecule has 0 radical (unpaired) electrons. The van der Waals surface area contributed by atoms with E-state index in [2.05, 4.69) is 40.9 Å². The first kappa shape index (κ1) is 12.4. The molecule has 4 nitrogen and oxygen atoms in total. The molecule has 0 bridgehead atoms. The van der Waals surface area contributed by atoms with Gasteiger partial charge in [-0.1, -0.05) is 18.2 Å². The second-order valence-corrected chi connectivity index (χ2v) is 5.43. The van der Waals surface area contributed by atoms with Crippen LogP contribution in [0.15, 0.2) is 42.6 Å². The minimum Gasteiger partial charge on any atom is -0.315 e. The van der Waals surface area contributed by atoms with Gasteiger partial charge in [-0.2, -0.15) is 5.10 Å². The highest BCUT2D eigenvalue weighted by Gasteiger charge is 2.27. The zero-order valence-electron chi connectivity index (χ0n) is 11.3. The van der Waals surface area contributed by atoms with E-state index in [1.807, 2.05) is 29.1 Å². The quantitative estimate of drug-likeness (QED) is 0.875. The first-order valence-corrected chi connectivity index (χ1v) is 6.81. The molecule has 0 spiro atoms. The monoisotopic (exact) mass is 256 g/mol. The van der Waals surface area contributed by atoms with Crippen molar-refractivity contribution in [2.45, 2.75) is 25.4 Å². The molecule has 19 heavy (non-hydrogen) atoms. The van der Waals surface area contributed by atoms with E-state index in [0.717, 1.165) is 31.0 Å². The standard InChI is InChI=1S/C15H20N4/c1-15(8-9-16-12-15)17-11-13-7-10-19(18-13)14-5-3-2-4-6-14/h2-7,10,16-17H,8-9,11-12H2,1H3. The summed E-state index contributed by atoms with van der Waals surface area (Å²) in [5.41, 5.74) is 2.38. The number of para-hydroxylation sites is 1. The molecule has 0 saturated carbocycles. The van der Waals surface area contributed by atoms with Crippen molar-refractivity contribution in [1.82, 2.24) is 20.4 Å². The van der Waals surface area contributed by atoms with Crippen LogP contribution in [0.4, 0.5) is 0 Å². The predicted molar refractivity (Wildman–Crippen MR) is 76.3 cm³/mol. The van der Waals surface area contributed by atoms with Gasteiger partial charge in [0.15, 0.2) is 0 Å². The van der Waals surface area contributed by atoms with Gasteiger partial charge >= 0.3 is 0 Å². The molecule has 1 aliphatic heterocycles. The molecular formula is C15H20N4. The minimum absolute atomic E-state index is 0.205. The molecule has 2 aromatic rings. The average Bonchev–Trinajstić information content (AvgIpc) is 3.07. The Morgan fingerprint density at radius 1 is 1.32 bits per heavy atom. The Morgan fingerprint density at radius 3 is 2.89 bits per heavy atom. The number of aromatic nitrogens is 2. The van der Waals surface area contributed by atoms with Gasteiger partial charge in [0.2, 0.25) is 0 Å². The van der Waals surface area contributed by atoms with Crippen molar-refractivity contribution in [1.29, 1.82) is 0 Å². The van der Waals surface area contributed by atoms with E-state index in [4.69, 9.17) is 0 Å². The second-order valence-electron chi connectivity index (χ2n) is 5.43. The number of rotatable bonds is 4. The topological polar surface area (TPSA) is 41.9 Å². The zero-order valence-corrected chi connectivity index (χ0v) is 11.3. The largest absolute Gasteiger partial charge is 0.315 e. The van der Waals surface area contributed by atoms with Crippen molar-refractivity contribution in [3.05, 3.63) is 48.3 Å². The lowest BCUT2D eigenvalue weighted by molar-refractivity contribution is 0.383. The molecule has 1 aromatic carbocycles. The molecule has 2 heterocycles. The molecule has 2 N–H and O–H groups in total. The number of benzene rings is 1. The third kappa shape index (κ3) is 2.85. The van der Waals surface area contributed by atoms with Gasteiger partial charge in [0.05, 0.1) is 11.4 Å². The van der Waals surface area contributed by atoms with Crippen molar-refractivity contribution in [3.8, 4) is 5.69 Å². The summed E-state index contributed by atoms with van der Waals surface area (Å²) >= 11 is 0. The van der Waals surface area contributed by atoms with Crippen LogP contribution in [0, 0.1) is 0 Å². The molecule has 1 atom stereocenters. The maximum absolute atomic E-state index is 4.61. The predicted octanol–water partition coefficient (Wildman–Crippen LogP) is 1.71. The van der Waals surface area contributed by atoms with Crippen LogP contribution in [0.2, 0.25) is 0 Å². The summed E-state index contributed by atoms with van der Waals surface area (Å²) in [6.07, 6.45) is 3.19. The molecule has 1 fully saturated rings. The SMILES string of the molecule is CC1(NCc2ccn(-c3ccccc3)n2)CCNC1. The van der Waals surface area contributed by atoms with Crippen molar-refractivity contribution < 1.29 is 0 Å². The molecule has 100 valence electrons. The average molecular weight is 256 g/mol. The molecule has 3 rings (SSSR count). The highest BCUT2D eigenvalue weighted by molar-refractivity contribution is 5.30. The number of nitrogens with one attached hydrogen (secondary N) is 2. The third-order valence-electron chi connectivity index (χ3n) is 3.73. The summed E-state index contributed by atoms with van der Waals surface area (Å²) in [6, 6.07) is 12.3. The van der Waals surface area contributed by atoms with E-state index in [1.54, 1.807) is 0 Å². The Hall–Kier alpha value is -1.65. The van der Waals surface area contributed by atoms with Gasteiger partial charge in [-0.15, -0.1) is 0 Å². The summed E-state index contributed by atoms with van der Waals surface area (Å²) in [7, 11) is 0. The van der Waals surface area contributed by atoms with Crippen LogP contribution in [0.3, 0.4) is 0 Å². The molecule has 1 aromatic heterocycles. The van der Waals surface area contributed by atoms with E-state index in [0.29, 0.717) is 0 Å². The third-order valence-corrected chi connectivity index (χ3v) is 3.73. The molecule has 4 heteroatoms. The van der Waals surface area contributed by atoms with Crippen molar-refractivity contribution in [2.24, 2.45) is 0 Å². The maximum atomic E-state index is 4.61. The highest BCUT2D eigenvalue weighted by Crippen LogP contribution is 2.14. The fourth-order valence-electron chi connectivity index (χ4n) is 2.45. The van der Waals surface area contributed by atoms with Crippen LogP contribution < -0.4 is 10.6 Å². The van der Waals surface area contributed by atoms with E-state index in [1.165, 1.54) is 6.42 Å². The maximum Gasteiger partial charge on any atom is 0.0767 e. The van der Waals surface area contributed by atoms with E-state index < -0.39 is 0 Å². The lowest BCUT2D eigenvalue weighted by atomic mass is 10.0. The minimum atomic E-state index is 0.205. The van der Waals surface area contributed by atoms with Gasteiger partial charge in [0.25, 0.3) is 0 Å². The van der Waals surface area contributed by atoms with Crippen LogP contribution >= 0.6 is 0 Å². The summed E-state index contributed by atoms with van der Waals surface area (Å²) in [5.74, 6) is 0. The summed E-state index contributed by atoms with van der Waals surface area (Å²) < 4.78 is 1.92. The molecular weight excluding hydrogens is 236 g/mol. The van der Waals surface area contributed by atoms with E-state index in [-0.39, 0.29) is 5.54 Å². The first-order valence-electron chi connectivity index (χ1n) is 6.81. The Morgan fingerprint density at radius 2 is 2.16 bits per heavy atom. The van der Waals surface area contributed by atoms with Crippen LogP contribution in [0.1, 0.15) is 19.0 Å².